The zero-order chi connectivity index (χ0) is 18.6. The molecule has 0 aliphatic heterocycles. The van der Waals surface area contributed by atoms with Gasteiger partial charge in [0, 0.05) is 35.9 Å². The molecule has 0 fully saturated rings. The average molecular weight is 356 g/mol. The second kappa shape index (κ2) is 7.21. The van der Waals surface area contributed by atoms with Crippen LogP contribution in [0.5, 0.6) is 0 Å². The number of benzene rings is 2. The van der Waals surface area contributed by atoms with Gasteiger partial charge in [0.05, 0.1) is 0 Å². The van der Waals surface area contributed by atoms with Crippen LogP contribution in [0.1, 0.15) is 31.8 Å². The van der Waals surface area contributed by atoms with Gasteiger partial charge in [-0.05, 0) is 41.8 Å². The fourth-order valence-electron chi connectivity index (χ4n) is 2.82. The number of imidazole rings is 2. The first kappa shape index (κ1) is 16.7. The van der Waals surface area contributed by atoms with Crippen molar-refractivity contribution in [1.29, 1.82) is 0 Å². The summed E-state index contributed by atoms with van der Waals surface area (Å²) in [7, 11) is 0. The van der Waals surface area contributed by atoms with Gasteiger partial charge in [0.2, 0.25) is 0 Å². The van der Waals surface area contributed by atoms with E-state index in [9.17, 15) is 9.59 Å². The summed E-state index contributed by atoms with van der Waals surface area (Å²) in [6, 6.07) is 15.0. The molecule has 0 aliphatic carbocycles. The van der Waals surface area contributed by atoms with Crippen molar-refractivity contribution in [2.75, 3.05) is 0 Å². The van der Waals surface area contributed by atoms with E-state index in [1.165, 1.54) is 21.8 Å². The molecular formula is C21H16N4O2. The summed E-state index contributed by atoms with van der Waals surface area (Å²) < 4.78 is 2.90. The maximum Gasteiger partial charge on any atom is 0.263 e. The Morgan fingerprint density at radius 2 is 1.07 bits per heavy atom. The van der Waals surface area contributed by atoms with Crippen molar-refractivity contribution in [2.24, 2.45) is 0 Å². The van der Waals surface area contributed by atoms with Crippen molar-refractivity contribution in [3.63, 3.8) is 0 Å². The maximum atomic E-state index is 12.3. The normalized spacial score (nSPS) is 10.7. The summed E-state index contributed by atoms with van der Waals surface area (Å²) in [6.45, 7) is 0. The minimum Gasteiger partial charge on any atom is -0.272 e. The first-order valence-electron chi connectivity index (χ1n) is 8.44. The fourth-order valence-corrected chi connectivity index (χ4v) is 2.82. The van der Waals surface area contributed by atoms with Gasteiger partial charge >= 0.3 is 0 Å². The fraction of sp³-hybridized carbons (Fsp3) is 0.0476. The Labute approximate surface area is 155 Å². The monoisotopic (exact) mass is 356 g/mol. The Hall–Kier alpha value is -3.80. The zero-order valence-corrected chi connectivity index (χ0v) is 14.4. The SMILES string of the molecule is O=C(c1ccc(Cc2ccc(C(=O)n3ccnc3)cc2)cc1)n1ccnc1. The van der Waals surface area contributed by atoms with Gasteiger partial charge in [-0.2, -0.15) is 0 Å². The van der Waals surface area contributed by atoms with Crippen molar-refractivity contribution < 1.29 is 9.59 Å². The molecule has 132 valence electrons. The van der Waals surface area contributed by atoms with Crippen LogP contribution in [0.25, 0.3) is 0 Å². The Morgan fingerprint density at radius 1 is 0.667 bits per heavy atom. The van der Waals surface area contributed by atoms with E-state index in [4.69, 9.17) is 0 Å². The van der Waals surface area contributed by atoms with Gasteiger partial charge in [-0.1, -0.05) is 24.3 Å². The molecule has 2 aromatic heterocycles. The van der Waals surface area contributed by atoms with Crippen molar-refractivity contribution in [3.8, 4) is 0 Å². The van der Waals surface area contributed by atoms with Gasteiger partial charge in [-0.15, -0.1) is 0 Å². The highest BCUT2D eigenvalue weighted by Crippen LogP contribution is 2.14. The van der Waals surface area contributed by atoms with Crippen LogP contribution in [0, 0.1) is 0 Å². The van der Waals surface area contributed by atoms with Gasteiger partial charge in [-0.3, -0.25) is 18.7 Å². The highest BCUT2D eigenvalue weighted by molar-refractivity contribution is 5.96. The highest BCUT2D eigenvalue weighted by Gasteiger charge is 2.09. The molecule has 0 spiro atoms. The quantitative estimate of drug-likeness (QED) is 0.563. The van der Waals surface area contributed by atoms with Gasteiger partial charge in [0.25, 0.3) is 11.8 Å². The average Bonchev–Trinajstić information content (AvgIpc) is 3.42. The molecule has 0 amide bonds. The third kappa shape index (κ3) is 3.59. The molecule has 6 nitrogen and oxygen atoms in total. The minimum absolute atomic E-state index is 0.110. The second-order valence-electron chi connectivity index (χ2n) is 6.12. The lowest BCUT2D eigenvalue weighted by Gasteiger charge is -2.06. The van der Waals surface area contributed by atoms with Crippen LogP contribution < -0.4 is 0 Å². The lowest BCUT2D eigenvalue weighted by molar-refractivity contribution is 0.0951. The Balaban J connectivity index is 1.45. The molecule has 0 saturated heterocycles. The highest BCUT2D eigenvalue weighted by atomic mass is 16.2. The largest absolute Gasteiger partial charge is 0.272 e. The van der Waals surface area contributed by atoms with Crippen molar-refractivity contribution >= 4 is 11.8 Å². The number of carbonyl (C=O) groups excluding carboxylic acids is 2. The molecule has 0 radical (unpaired) electrons. The first-order valence-corrected chi connectivity index (χ1v) is 8.44. The molecule has 4 aromatic rings. The lowest BCUT2D eigenvalue weighted by atomic mass is 10.0. The standard InChI is InChI=1S/C21H16N4O2/c26-20(24-11-9-22-14-24)18-5-1-16(2-6-18)13-17-3-7-19(8-4-17)21(27)25-12-10-23-15-25/h1-12,14-15H,13H2. The molecule has 0 atom stereocenters. The van der Waals surface area contributed by atoms with Gasteiger partial charge in [0.15, 0.2) is 0 Å². The minimum atomic E-state index is -0.110. The van der Waals surface area contributed by atoms with Crippen LogP contribution >= 0.6 is 0 Å². The second-order valence-corrected chi connectivity index (χ2v) is 6.12. The molecular weight excluding hydrogens is 340 g/mol. The van der Waals surface area contributed by atoms with E-state index in [1.807, 2.05) is 48.5 Å². The summed E-state index contributed by atoms with van der Waals surface area (Å²) in [4.78, 5) is 32.3. The molecule has 0 saturated carbocycles. The van der Waals surface area contributed by atoms with E-state index < -0.39 is 0 Å². The van der Waals surface area contributed by atoms with E-state index in [0.29, 0.717) is 11.1 Å². The van der Waals surface area contributed by atoms with Crippen LogP contribution in [-0.4, -0.2) is 30.9 Å². The third-order valence-corrected chi connectivity index (χ3v) is 4.29. The molecule has 0 N–H and O–H groups in total. The molecule has 4 rings (SSSR count). The smallest absolute Gasteiger partial charge is 0.263 e. The van der Waals surface area contributed by atoms with Crippen molar-refractivity contribution in [2.45, 2.75) is 6.42 Å². The van der Waals surface area contributed by atoms with Crippen molar-refractivity contribution in [3.05, 3.63) is 108 Å². The lowest BCUT2D eigenvalue weighted by Crippen LogP contribution is -2.10. The topological polar surface area (TPSA) is 69.8 Å². The molecule has 0 bridgehead atoms. The molecule has 6 heteroatoms. The third-order valence-electron chi connectivity index (χ3n) is 4.29. The van der Waals surface area contributed by atoms with E-state index in [-0.39, 0.29) is 11.8 Å². The predicted molar refractivity (Wildman–Crippen MR) is 99.6 cm³/mol. The summed E-state index contributed by atoms with van der Waals surface area (Å²) in [6.07, 6.45) is 10.1. The number of hydrogen-bond donors (Lipinski definition) is 0. The van der Waals surface area contributed by atoms with Gasteiger partial charge in [0.1, 0.15) is 12.7 Å². The maximum absolute atomic E-state index is 12.3. The van der Waals surface area contributed by atoms with Crippen LogP contribution in [0.3, 0.4) is 0 Å². The van der Waals surface area contributed by atoms with Crippen LogP contribution in [-0.2, 0) is 6.42 Å². The van der Waals surface area contributed by atoms with E-state index >= 15 is 0 Å². The number of carbonyl (C=O) groups is 2. The number of aromatic nitrogens is 4. The predicted octanol–water partition coefficient (Wildman–Crippen LogP) is 3.05. The number of hydrogen-bond acceptors (Lipinski definition) is 4. The summed E-state index contributed by atoms with van der Waals surface area (Å²) >= 11 is 0. The van der Waals surface area contributed by atoms with Crippen LogP contribution in [0.2, 0.25) is 0 Å². The molecule has 0 unspecified atom stereocenters. The summed E-state index contributed by atoms with van der Waals surface area (Å²) in [5, 5.41) is 0. The van der Waals surface area contributed by atoms with E-state index in [0.717, 1.165) is 17.5 Å². The Kier molecular flexibility index (Phi) is 4.45. The Bertz CT molecular complexity index is 961. The summed E-state index contributed by atoms with van der Waals surface area (Å²) in [5.41, 5.74) is 3.40. The van der Waals surface area contributed by atoms with Crippen molar-refractivity contribution in [1.82, 2.24) is 19.1 Å². The van der Waals surface area contributed by atoms with E-state index in [1.54, 1.807) is 24.8 Å². The number of rotatable bonds is 4. The molecule has 2 aromatic carbocycles. The molecule has 27 heavy (non-hydrogen) atoms. The van der Waals surface area contributed by atoms with Gasteiger partial charge in [-0.25, -0.2) is 9.97 Å². The zero-order valence-electron chi connectivity index (χ0n) is 14.4. The first-order chi connectivity index (χ1) is 13.2. The molecule has 0 aliphatic rings. The Morgan fingerprint density at radius 3 is 1.41 bits per heavy atom. The molecule has 2 heterocycles. The number of nitrogens with zero attached hydrogens (tertiary/aromatic N) is 4. The summed E-state index contributed by atoms with van der Waals surface area (Å²) in [5.74, 6) is -0.220. The van der Waals surface area contributed by atoms with Crippen LogP contribution in [0.4, 0.5) is 0 Å². The van der Waals surface area contributed by atoms with Crippen LogP contribution in [0.15, 0.2) is 86.0 Å². The van der Waals surface area contributed by atoms with Gasteiger partial charge < -0.3 is 0 Å². The van der Waals surface area contributed by atoms with E-state index in [2.05, 4.69) is 9.97 Å².